The molecule has 4 aliphatic rings. The number of dihydropyridines is 2. The summed E-state index contributed by atoms with van der Waals surface area (Å²) < 4.78 is 2.37. The van der Waals surface area contributed by atoms with Crippen molar-refractivity contribution in [1.29, 1.82) is 0 Å². The zero-order valence-corrected chi connectivity index (χ0v) is 27.8. The Morgan fingerprint density at radius 1 is 1.15 bits per heavy atom. The van der Waals surface area contributed by atoms with Crippen LogP contribution >= 0.6 is 11.9 Å². The number of hydrogen-bond acceptors (Lipinski definition) is 8. The van der Waals surface area contributed by atoms with Gasteiger partial charge >= 0.3 is 0 Å². The van der Waals surface area contributed by atoms with Gasteiger partial charge in [0, 0.05) is 64.1 Å². The standard InChI is InChI=1S/C24H40N6S.C5H7N.2C2H6/c1-5-30(31-24-8-6-7-12-27-24)17-13-26-20(2)22-10-15-29(16-11-22)19-21-9-14-28(4)23(18-21)25-3;1-2-4-6-5-3-1;2*1-2/h6,8-9,14,18,22-23,25-26H,2,5,7,10-13,15-17,19H2,1,3-4H3;1-4,6H,5H2;2*1-2H3. The molecule has 0 spiro atoms. The third-order valence-electron chi connectivity index (χ3n) is 6.93. The zero-order chi connectivity index (χ0) is 30.3. The summed E-state index contributed by atoms with van der Waals surface area (Å²) in [4.78, 5) is 9.36. The summed E-state index contributed by atoms with van der Waals surface area (Å²) >= 11 is 1.77. The van der Waals surface area contributed by atoms with Crippen LogP contribution < -0.4 is 16.0 Å². The summed E-state index contributed by atoms with van der Waals surface area (Å²) in [6.07, 6.45) is 22.8. The van der Waals surface area contributed by atoms with E-state index < -0.39 is 0 Å². The van der Waals surface area contributed by atoms with Gasteiger partial charge in [0.05, 0.1) is 6.17 Å². The molecular weight excluding hydrogens is 526 g/mol. The normalized spacial score (nSPS) is 19.9. The average Bonchev–Trinajstić information content (AvgIpc) is 3.05. The highest BCUT2D eigenvalue weighted by Crippen LogP contribution is 2.24. The summed E-state index contributed by atoms with van der Waals surface area (Å²) in [7, 11) is 4.12. The Balaban J connectivity index is 0.000000722. The van der Waals surface area contributed by atoms with Gasteiger partial charge in [-0.05, 0) is 87.4 Å². The third kappa shape index (κ3) is 15.0. The van der Waals surface area contributed by atoms with E-state index in [-0.39, 0.29) is 0 Å². The summed E-state index contributed by atoms with van der Waals surface area (Å²) in [5.41, 5.74) is 2.62. The van der Waals surface area contributed by atoms with Crippen LogP contribution in [-0.4, -0.2) is 91.8 Å². The van der Waals surface area contributed by atoms with E-state index in [2.05, 4.69) is 92.2 Å². The molecule has 0 amide bonds. The maximum atomic E-state index is 4.59. The molecule has 41 heavy (non-hydrogen) atoms. The second kappa shape index (κ2) is 23.3. The fraction of sp³-hybridized carbons (Fsp3) is 0.606. The lowest BCUT2D eigenvalue weighted by molar-refractivity contribution is 0.209. The molecule has 1 saturated heterocycles. The second-order valence-corrected chi connectivity index (χ2v) is 10.8. The van der Waals surface area contributed by atoms with Crippen LogP contribution in [0, 0.1) is 5.92 Å². The largest absolute Gasteiger partial charge is 0.387 e. The molecule has 7 nitrogen and oxygen atoms in total. The molecule has 3 N–H and O–H groups in total. The monoisotopic (exact) mass is 585 g/mol. The van der Waals surface area contributed by atoms with Crippen molar-refractivity contribution >= 4 is 17.0 Å². The molecule has 0 aromatic rings. The lowest BCUT2D eigenvalue weighted by Crippen LogP contribution is -2.41. The number of piperidine rings is 1. The second-order valence-electron chi connectivity index (χ2n) is 9.68. The Bertz CT molecular complexity index is 870. The number of aliphatic imine (C=N–C) groups is 1. The predicted molar refractivity (Wildman–Crippen MR) is 184 cm³/mol. The van der Waals surface area contributed by atoms with Crippen LogP contribution in [0.15, 0.2) is 77.8 Å². The van der Waals surface area contributed by atoms with Gasteiger partial charge in [0.15, 0.2) is 0 Å². The predicted octanol–water partition coefficient (Wildman–Crippen LogP) is 5.77. The fourth-order valence-electron chi connectivity index (χ4n) is 4.61. The van der Waals surface area contributed by atoms with Gasteiger partial charge in [-0.1, -0.05) is 59.4 Å². The molecule has 0 aromatic heterocycles. The topological polar surface area (TPSA) is 58.2 Å². The van der Waals surface area contributed by atoms with E-state index in [0.717, 1.165) is 63.8 Å². The Kier molecular flexibility index (Phi) is 20.9. The SMILES string of the molecule is C1=CCNC=C1.C=C(NCCN(CC)SC1=NCCC=C1)C1CCN(CC2=CC(NC)N(C)C=C2)CC1.CC.CC. The van der Waals surface area contributed by atoms with Crippen molar-refractivity contribution < 1.29 is 0 Å². The third-order valence-corrected chi connectivity index (χ3v) is 8.08. The van der Waals surface area contributed by atoms with Crippen LogP contribution in [0.1, 0.15) is 53.9 Å². The first kappa shape index (κ1) is 36.8. The quantitative estimate of drug-likeness (QED) is 0.281. The highest BCUT2D eigenvalue weighted by molar-refractivity contribution is 8.12. The van der Waals surface area contributed by atoms with Gasteiger partial charge in [-0.15, -0.1) is 0 Å². The molecule has 4 aliphatic heterocycles. The minimum atomic E-state index is 0.295. The van der Waals surface area contributed by atoms with Gasteiger partial charge in [0.25, 0.3) is 0 Å². The highest BCUT2D eigenvalue weighted by atomic mass is 32.2. The maximum Gasteiger partial charge on any atom is 0.105 e. The fourth-order valence-corrected chi connectivity index (χ4v) is 5.49. The van der Waals surface area contributed by atoms with Gasteiger partial charge in [0.2, 0.25) is 0 Å². The zero-order valence-electron chi connectivity index (χ0n) is 27.0. The number of allylic oxidation sites excluding steroid dienone is 3. The van der Waals surface area contributed by atoms with Crippen LogP contribution in [-0.2, 0) is 0 Å². The van der Waals surface area contributed by atoms with Crippen molar-refractivity contribution in [2.24, 2.45) is 10.9 Å². The van der Waals surface area contributed by atoms with E-state index in [1.54, 1.807) is 11.9 Å². The Morgan fingerprint density at radius 2 is 1.90 bits per heavy atom. The van der Waals surface area contributed by atoms with Gasteiger partial charge in [-0.2, -0.15) is 0 Å². The highest BCUT2D eigenvalue weighted by Gasteiger charge is 2.22. The number of nitrogens with one attached hydrogen (secondary N) is 3. The van der Waals surface area contributed by atoms with Gasteiger partial charge in [0.1, 0.15) is 5.04 Å². The molecule has 0 saturated carbocycles. The summed E-state index contributed by atoms with van der Waals surface area (Å²) in [6, 6.07) is 0. The van der Waals surface area contributed by atoms with Crippen LogP contribution in [0.2, 0.25) is 0 Å². The summed E-state index contributed by atoms with van der Waals surface area (Å²) in [5, 5.41) is 11.1. The minimum absolute atomic E-state index is 0.295. The molecule has 0 radical (unpaired) electrons. The molecule has 1 fully saturated rings. The molecule has 4 rings (SSSR count). The molecule has 0 aromatic carbocycles. The number of likely N-dealkylation sites (N-methyl/N-ethyl adjacent to an activating group) is 3. The lowest BCUT2D eigenvalue weighted by atomic mass is 9.93. The maximum absolute atomic E-state index is 4.59. The van der Waals surface area contributed by atoms with Crippen LogP contribution in [0.4, 0.5) is 0 Å². The van der Waals surface area contributed by atoms with Gasteiger partial charge in [-0.3, -0.25) is 15.2 Å². The van der Waals surface area contributed by atoms with Crippen molar-refractivity contribution in [2.45, 2.75) is 60.0 Å². The van der Waals surface area contributed by atoms with E-state index in [9.17, 15) is 0 Å². The van der Waals surface area contributed by atoms with Crippen molar-refractivity contribution in [3.8, 4) is 0 Å². The number of likely N-dealkylation sites (tertiary alicyclic amines) is 1. The van der Waals surface area contributed by atoms with Crippen LogP contribution in [0.25, 0.3) is 0 Å². The van der Waals surface area contributed by atoms with Gasteiger partial charge < -0.3 is 15.5 Å². The van der Waals surface area contributed by atoms with Crippen molar-refractivity contribution in [2.75, 3.05) is 66.5 Å². The molecule has 0 bridgehead atoms. The number of rotatable bonds is 10. The lowest BCUT2D eigenvalue weighted by Gasteiger charge is -2.35. The van der Waals surface area contributed by atoms with Crippen LogP contribution in [0.5, 0.6) is 0 Å². The first-order valence-electron chi connectivity index (χ1n) is 15.7. The Labute approximate surface area is 256 Å². The first-order chi connectivity index (χ1) is 20.1. The Hall–Kier alpha value is -2.26. The summed E-state index contributed by atoms with van der Waals surface area (Å²) in [6.45, 7) is 22.7. The van der Waals surface area contributed by atoms with E-state index in [1.807, 2.05) is 53.1 Å². The van der Waals surface area contributed by atoms with E-state index in [1.165, 1.54) is 24.1 Å². The van der Waals surface area contributed by atoms with E-state index in [4.69, 9.17) is 0 Å². The molecular formula is C33H59N7S. The molecule has 1 atom stereocenters. The summed E-state index contributed by atoms with van der Waals surface area (Å²) in [5.74, 6) is 0.580. The Morgan fingerprint density at radius 3 is 2.44 bits per heavy atom. The van der Waals surface area contributed by atoms with Crippen molar-refractivity contribution in [1.82, 2.24) is 30.1 Å². The van der Waals surface area contributed by atoms with Crippen molar-refractivity contribution in [3.05, 3.63) is 72.8 Å². The smallest absolute Gasteiger partial charge is 0.105 e. The average molecular weight is 586 g/mol. The van der Waals surface area contributed by atoms with E-state index in [0.29, 0.717) is 12.1 Å². The molecule has 232 valence electrons. The molecule has 8 heteroatoms. The number of hydrogen-bond donors (Lipinski definition) is 3. The van der Waals surface area contributed by atoms with Crippen LogP contribution in [0.3, 0.4) is 0 Å². The minimum Gasteiger partial charge on any atom is -0.387 e. The van der Waals surface area contributed by atoms with E-state index >= 15 is 0 Å². The van der Waals surface area contributed by atoms with Crippen molar-refractivity contribution in [3.63, 3.8) is 0 Å². The first-order valence-corrected chi connectivity index (χ1v) is 16.5. The number of nitrogens with zero attached hydrogens (tertiary/aromatic N) is 4. The van der Waals surface area contributed by atoms with Gasteiger partial charge in [-0.25, -0.2) is 4.31 Å². The molecule has 1 unspecified atom stereocenters. The molecule has 0 aliphatic carbocycles. The molecule has 4 heterocycles.